The number of para-hydroxylation sites is 1. The Morgan fingerprint density at radius 2 is 1.83 bits per heavy atom. The molecule has 30 heavy (non-hydrogen) atoms. The minimum atomic E-state index is -0.427. The molecule has 0 fully saturated rings. The molecular weight excluding hydrogens is 376 g/mol. The lowest BCUT2D eigenvalue weighted by Crippen LogP contribution is -2.34. The van der Waals surface area contributed by atoms with Crippen molar-refractivity contribution in [3.63, 3.8) is 0 Å². The summed E-state index contributed by atoms with van der Waals surface area (Å²) in [6.07, 6.45) is 2.47. The number of carbonyl (C=O) groups is 1. The first-order valence-electron chi connectivity index (χ1n) is 9.99. The first-order chi connectivity index (χ1) is 14.5. The molecule has 0 unspecified atom stereocenters. The normalized spacial score (nSPS) is 13.1. The lowest BCUT2D eigenvalue weighted by atomic mass is 9.98. The molecule has 0 aliphatic carbocycles. The maximum atomic E-state index is 13.1. The SMILES string of the molecule is Cc1nc([C@@H](Cc2c[nH]c3ccccc23)NC(=O)[C@@H](C)c2ccccc2)cc(=O)[nH]1. The van der Waals surface area contributed by atoms with Gasteiger partial charge in [-0.05, 0) is 31.0 Å². The number of aromatic amines is 2. The third-order valence-corrected chi connectivity index (χ3v) is 5.35. The van der Waals surface area contributed by atoms with E-state index < -0.39 is 6.04 Å². The average Bonchev–Trinajstić information content (AvgIpc) is 3.15. The summed E-state index contributed by atoms with van der Waals surface area (Å²) in [6, 6.07) is 18.7. The second-order valence-electron chi connectivity index (χ2n) is 7.51. The minimum absolute atomic E-state index is 0.106. The number of fused-ring (bicyclic) bond motifs is 1. The zero-order valence-corrected chi connectivity index (χ0v) is 17.0. The number of nitrogens with one attached hydrogen (secondary N) is 3. The second kappa shape index (κ2) is 8.37. The highest BCUT2D eigenvalue weighted by molar-refractivity contribution is 5.85. The second-order valence-corrected chi connectivity index (χ2v) is 7.51. The molecule has 4 rings (SSSR count). The van der Waals surface area contributed by atoms with Crippen LogP contribution in [-0.4, -0.2) is 20.9 Å². The van der Waals surface area contributed by atoms with Gasteiger partial charge in [-0.1, -0.05) is 48.5 Å². The van der Waals surface area contributed by atoms with Crippen molar-refractivity contribution in [2.75, 3.05) is 0 Å². The highest BCUT2D eigenvalue weighted by Crippen LogP contribution is 2.25. The van der Waals surface area contributed by atoms with Crippen LogP contribution in [0, 0.1) is 6.92 Å². The zero-order chi connectivity index (χ0) is 21.1. The van der Waals surface area contributed by atoms with E-state index in [1.165, 1.54) is 6.07 Å². The Hall–Kier alpha value is -3.67. The fourth-order valence-corrected chi connectivity index (χ4v) is 3.72. The van der Waals surface area contributed by atoms with Gasteiger partial charge in [-0.2, -0.15) is 0 Å². The molecule has 0 saturated heterocycles. The van der Waals surface area contributed by atoms with Crippen molar-refractivity contribution in [1.29, 1.82) is 0 Å². The highest BCUT2D eigenvalue weighted by Gasteiger charge is 2.23. The Morgan fingerprint density at radius 1 is 1.10 bits per heavy atom. The van der Waals surface area contributed by atoms with Crippen LogP contribution < -0.4 is 10.9 Å². The van der Waals surface area contributed by atoms with Crippen LogP contribution in [-0.2, 0) is 11.2 Å². The van der Waals surface area contributed by atoms with Gasteiger partial charge in [0.25, 0.3) is 5.56 Å². The highest BCUT2D eigenvalue weighted by atomic mass is 16.2. The van der Waals surface area contributed by atoms with Crippen molar-refractivity contribution in [3.8, 4) is 0 Å². The topological polar surface area (TPSA) is 90.6 Å². The molecular formula is C24H24N4O2. The fourth-order valence-electron chi connectivity index (χ4n) is 3.72. The molecule has 0 saturated carbocycles. The molecule has 152 valence electrons. The molecule has 0 radical (unpaired) electrons. The molecule has 0 aliphatic rings. The predicted octanol–water partition coefficient (Wildman–Crippen LogP) is 3.76. The van der Waals surface area contributed by atoms with Crippen LogP contribution in [0.4, 0.5) is 0 Å². The van der Waals surface area contributed by atoms with E-state index in [1.807, 2.05) is 67.7 Å². The van der Waals surface area contributed by atoms with Gasteiger partial charge in [0.05, 0.1) is 17.7 Å². The fraction of sp³-hybridized carbons (Fsp3) is 0.208. The molecule has 3 N–H and O–H groups in total. The summed E-state index contributed by atoms with van der Waals surface area (Å²) >= 11 is 0. The van der Waals surface area contributed by atoms with Crippen LogP contribution in [0.2, 0.25) is 0 Å². The Balaban J connectivity index is 1.66. The van der Waals surface area contributed by atoms with Gasteiger partial charge < -0.3 is 15.3 Å². The predicted molar refractivity (Wildman–Crippen MR) is 117 cm³/mol. The summed E-state index contributed by atoms with van der Waals surface area (Å²) in [4.78, 5) is 35.6. The van der Waals surface area contributed by atoms with Gasteiger partial charge in [-0.15, -0.1) is 0 Å². The summed E-state index contributed by atoms with van der Waals surface area (Å²) < 4.78 is 0. The van der Waals surface area contributed by atoms with Crippen molar-refractivity contribution in [2.24, 2.45) is 0 Å². The largest absolute Gasteiger partial charge is 0.361 e. The molecule has 4 aromatic rings. The molecule has 2 aromatic carbocycles. The van der Waals surface area contributed by atoms with E-state index in [0.29, 0.717) is 17.9 Å². The number of aromatic nitrogens is 3. The van der Waals surface area contributed by atoms with E-state index in [0.717, 1.165) is 22.0 Å². The summed E-state index contributed by atoms with van der Waals surface area (Å²) in [5, 5.41) is 4.21. The van der Waals surface area contributed by atoms with Gasteiger partial charge in [-0.25, -0.2) is 4.98 Å². The number of rotatable bonds is 6. The lowest BCUT2D eigenvalue weighted by molar-refractivity contribution is -0.123. The molecule has 0 spiro atoms. The molecule has 2 aromatic heterocycles. The summed E-state index contributed by atoms with van der Waals surface area (Å²) in [6.45, 7) is 3.62. The number of nitrogens with zero attached hydrogens (tertiary/aromatic N) is 1. The van der Waals surface area contributed by atoms with E-state index in [4.69, 9.17) is 0 Å². The molecule has 0 bridgehead atoms. The van der Waals surface area contributed by atoms with Crippen molar-refractivity contribution in [2.45, 2.75) is 32.2 Å². The first-order valence-corrected chi connectivity index (χ1v) is 9.99. The molecule has 6 heteroatoms. The third kappa shape index (κ3) is 4.17. The van der Waals surface area contributed by atoms with Crippen LogP contribution in [0.5, 0.6) is 0 Å². The van der Waals surface area contributed by atoms with E-state index >= 15 is 0 Å². The van der Waals surface area contributed by atoms with Gasteiger partial charge in [0, 0.05) is 29.6 Å². The van der Waals surface area contributed by atoms with Gasteiger partial charge in [0.2, 0.25) is 5.91 Å². The smallest absolute Gasteiger partial charge is 0.251 e. The van der Waals surface area contributed by atoms with Gasteiger partial charge in [0.15, 0.2) is 0 Å². The number of hydrogen-bond donors (Lipinski definition) is 3. The molecule has 0 aliphatic heterocycles. The quantitative estimate of drug-likeness (QED) is 0.460. The van der Waals surface area contributed by atoms with Crippen LogP contribution in [0.1, 0.15) is 41.5 Å². The van der Waals surface area contributed by atoms with Crippen molar-refractivity contribution >= 4 is 16.8 Å². The van der Waals surface area contributed by atoms with Crippen molar-refractivity contribution < 1.29 is 4.79 Å². The maximum absolute atomic E-state index is 13.1. The Morgan fingerprint density at radius 3 is 2.60 bits per heavy atom. The summed E-state index contributed by atoms with van der Waals surface area (Å²) in [5.74, 6) is 0.0947. The zero-order valence-electron chi connectivity index (χ0n) is 17.0. The van der Waals surface area contributed by atoms with Crippen LogP contribution in [0.15, 0.2) is 71.7 Å². The van der Waals surface area contributed by atoms with Crippen LogP contribution in [0.3, 0.4) is 0 Å². The Labute approximate surface area is 174 Å². The standard InChI is InChI=1S/C24H24N4O2/c1-15(17-8-4-3-5-9-17)24(30)28-21(22-13-23(29)27-16(2)26-22)12-18-14-25-20-11-7-6-10-19(18)20/h3-11,13-15,21,25H,12H2,1-2H3,(H,28,30)(H,26,27,29)/t15-,21+/m0/s1. The lowest BCUT2D eigenvalue weighted by Gasteiger charge is -2.21. The number of carbonyl (C=O) groups excluding carboxylic acids is 1. The van der Waals surface area contributed by atoms with E-state index in [2.05, 4.69) is 20.3 Å². The molecule has 2 heterocycles. The average molecular weight is 400 g/mol. The van der Waals surface area contributed by atoms with E-state index in [1.54, 1.807) is 6.92 Å². The Kier molecular flexibility index (Phi) is 5.48. The number of hydrogen-bond acceptors (Lipinski definition) is 3. The number of aryl methyl sites for hydroxylation is 1. The Bertz CT molecular complexity index is 1230. The van der Waals surface area contributed by atoms with E-state index in [-0.39, 0.29) is 17.4 Å². The molecule has 1 amide bonds. The van der Waals surface area contributed by atoms with Crippen molar-refractivity contribution in [3.05, 3.63) is 99.9 Å². The summed E-state index contributed by atoms with van der Waals surface area (Å²) in [5.41, 5.74) is 3.35. The van der Waals surface area contributed by atoms with Crippen LogP contribution in [0.25, 0.3) is 10.9 Å². The first kappa shape index (κ1) is 19.6. The summed E-state index contributed by atoms with van der Waals surface area (Å²) in [7, 11) is 0. The van der Waals surface area contributed by atoms with Gasteiger partial charge in [0.1, 0.15) is 5.82 Å². The van der Waals surface area contributed by atoms with Crippen LogP contribution >= 0.6 is 0 Å². The van der Waals surface area contributed by atoms with Crippen molar-refractivity contribution in [1.82, 2.24) is 20.3 Å². The van der Waals surface area contributed by atoms with Gasteiger partial charge >= 0.3 is 0 Å². The minimum Gasteiger partial charge on any atom is -0.361 e. The maximum Gasteiger partial charge on any atom is 0.251 e. The number of benzene rings is 2. The van der Waals surface area contributed by atoms with E-state index in [9.17, 15) is 9.59 Å². The van der Waals surface area contributed by atoms with Gasteiger partial charge in [-0.3, -0.25) is 9.59 Å². The number of H-pyrrole nitrogens is 2. The monoisotopic (exact) mass is 400 g/mol. The third-order valence-electron chi connectivity index (χ3n) is 5.35. The molecule has 6 nitrogen and oxygen atoms in total. The number of amides is 1. The molecule has 2 atom stereocenters.